The number of carbonyl (C=O) groups excluding carboxylic acids is 1. The molecular weight excluding hydrogens is 340 g/mol. The number of rotatable bonds is 8. The number of benzene rings is 2. The van der Waals surface area contributed by atoms with Crippen LogP contribution < -0.4 is 19.7 Å². The lowest BCUT2D eigenvalue weighted by Crippen LogP contribution is -2.30. The molecule has 1 N–H and O–H groups in total. The average Bonchev–Trinajstić information content (AvgIpc) is 2.74. The molecule has 144 valence electrons. The van der Waals surface area contributed by atoms with Crippen molar-refractivity contribution < 1.29 is 14.3 Å². The number of nitrogens with zero attached hydrogens (tertiary/aromatic N) is 1. The summed E-state index contributed by atoms with van der Waals surface area (Å²) in [6.07, 6.45) is 4.73. The minimum atomic E-state index is -0.115. The van der Waals surface area contributed by atoms with E-state index in [4.69, 9.17) is 9.47 Å². The molecule has 1 saturated heterocycles. The minimum Gasteiger partial charge on any atom is -0.497 e. The van der Waals surface area contributed by atoms with Gasteiger partial charge in [-0.25, -0.2) is 0 Å². The van der Waals surface area contributed by atoms with E-state index in [1.165, 1.54) is 30.5 Å². The van der Waals surface area contributed by atoms with Gasteiger partial charge in [-0.2, -0.15) is 0 Å². The number of amides is 1. The molecule has 0 radical (unpaired) electrons. The SMILES string of the molecule is COc1ccc(OCC(=O)NCCc2ccc(N3CCCCC3)cc2)cc1. The number of hydrogen-bond acceptors (Lipinski definition) is 4. The largest absolute Gasteiger partial charge is 0.497 e. The molecule has 0 saturated carbocycles. The standard InChI is InChI=1S/C22H28N2O3/c1-26-20-9-11-21(12-10-20)27-17-22(25)23-14-13-18-5-7-19(8-6-18)24-15-3-2-4-16-24/h5-12H,2-4,13-17H2,1H3,(H,23,25). The van der Waals surface area contributed by atoms with Crippen molar-refractivity contribution in [3.05, 3.63) is 54.1 Å². The number of hydrogen-bond donors (Lipinski definition) is 1. The number of anilines is 1. The molecule has 0 bridgehead atoms. The second kappa shape index (κ2) is 9.86. The van der Waals surface area contributed by atoms with Crippen molar-refractivity contribution in [2.75, 3.05) is 38.3 Å². The third-order valence-electron chi connectivity index (χ3n) is 4.82. The van der Waals surface area contributed by atoms with E-state index >= 15 is 0 Å². The normalized spacial score (nSPS) is 13.9. The van der Waals surface area contributed by atoms with Gasteiger partial charge in [-0.15, -0.1) is 0 Å². The van der Waals surface area contributed by atoms with Gasteiger partial charge in [-0.3, -0.25) is 4.79 Å². The molecule has 1 aliphatic rings. The molecule has 5 nitrogen and oxygen atoms in total. The Morgan fingerprint density at radius 1 is 0.963 bits per heavy atom. The van der Waals surface area contributed by atoms with Gasteiger partial charge < -0.3 is 19.7 Å². The molecule has 1 heterocycles. The van der Waals surface area contributed by atoms with E-state index in [1.807, 2.05) is 0 Å². The van der Waals surface area contributed by atoms with E-state index in [-0.39, 0.29) is 12.5 Å². The van der Waals surface area contributed by atoms with Crippen LogP contribution in [-0.2, 0) is 11.2 Å². The molecule has 0 unspecified atom stereocenters. The van der Waals surface area contributed by atoms with E-state index in [1.54, 1.807) is 31.4 Å². The maximum atomic E-state index is 11.9. The second-order valence-corrected chi connectivity index (χ2v) is 6.78. The lowest BCUT2D eigenvalue weighted by molar-refractivity contribution is -0.123. The van der Waals surface area contributed by atoms with E-state index in [0.717, 1.165) is 25.3 Å². The van der Waals surface area contributed by atoms with Crippen LogP contribution in [0.5, 0.6) is 11.5 Å². The Morgan fingerprint density at radius 3 is 2.30 bits per heavy atom. The van der Waals surface area contributed by atoms with Crippen LogP contribution >= 0.6 is 0 Å². The van der Waals surface area contributed by atoms with E-state index in [9.17, 15) is 4.79 Å². The van der Waals surface area contributed by atoms with Crippen LogP contribution in [0, 0.1) is 0 Å². The first-order chi connectivity index (χ1) is 13.2. The first-order valence-electron chi connectivity index (χ1n) is 9.62. The highest BCUT2D eigenvalue weighted by Gasteiger charge is 2.10. The summed E-state index contributed by atoms with van der Waals surface area (Å²) in [7, 11) is 1.62. The molecule has 1 aliphatic heterocycles. The second-order valence-electron chi connectivity index (χ2n) is 6.78. The summed E-state index contributed by atoms with van der Waals surface area (Å²) in [6, 6.07) is 15.9. The van der Waals surface area contributed by atoms with Crippen molar-refractivity contribution in [2.45, 2.75) is 25.7 Å². The Labute approximate surface area is 161 Å². The zero-order valence-corrected chi connectivity index (χ0v) is 15.9. The quantitative estimate of drug-likeness (QED) is 0.776. The smallest absolute Gasteiger partial charge is 0.257 e. The van der Waals surface area contributed by atoms with Gasteiger partial charge in [0.1, 0.15) is 11.5 Å². The average molecular weight is 368 g/mol. The lowest BCUT2D eigenvalue weighted by atomic mass is 10.1. The highest BCUT2D eigenvalue weighted by atomic mass is 16.5. The number of carbonyl (C=O) groups is 1. The van der Waals surface area contributed by atoms with Gasteiger partial charge in [0, 0.05) is 25.3 Å². The van der Waals surface area contributed by atoms with Gasteiger partial charge in [0.15, 0.2) is 6.61 Å². The number of methoxy groups -OCH3 is 1. The first-order valence-corrected chi connectivity index (χ1v) is 9.62. The fourth-order valence-electron chi connectivity index (χ4n) is 3.24. The third kappa shape index (κ3) is 5.91. The van der Waals surface area contributed by atoms with Crippen LogP contribution in [-0.4, -0.2) is 39.3 Å². The molecule has 2 aromatic carbocycles. The Hall–Kier alpha value is -2.69. The van der Waals surface area contributed by atoms with Crippen molar-refractivity contribution in [1.29, 1.82) is 0 Å². The number of nitrogens with one attached hydrogen (secondary N) is 1. The summed E-state index contributed by atoms with van der Waals surface area (Å²) < 4.78 is 10.6. The Kier molecular flexibility index (Phi) is 6.97. The zero-order valence-electron chi connectivity index (χ0n) is 15.9. The Bertz CT molecular complexity index is 707. The van der Waals surface area contributed by atoms with E-state index < -0.39 is 0 Å². The predicted molar refractivity (Wildman–Crippen MR) is 108 cm³/mol. The van der Waals surface area contributed by atoms with E-state index in [0.29, 0.717) is 12.3 Å². The van der Waals surface area contributed by atoms with Crippen LogP contribution in [0.25, 0.3) is 0 Å². The molecule has 5 heteroatoms. The highest BCUT2D eigenvalue weighted by Crippen LogP contribution is 2.20. The molecule has 1 amide bonds. The molecule has 0 aliphatic carbocycles. The number of piperidine rings is 1. The monoisotopic (exact) mass is 368 g/mol. The van der Waals surface area contributed by atoms with Crippen LogP contribution in [0.2, 0.25) is 0 Å². The fourth-order valence-corrected chi connectivity index (χ4v) is 3.24. The molecule has 0 spiro atoms. The first kappa shape index (κ1) is 19.1. The van der Waals surface area contributed by atoms with Crippen LogP contribution in [0.4, 0.5) is 5.69 Å². The van der Waals surface area contributed by atoms with Gasteiger partial charge in [0.2, 0.25) is 0 Å². The fraction of sp³-hybridized carbons (Fsp3) is 0.409. The molecule has 0 aromatic heterocycles. The van der Waals surface area contributed by atoms with Crippen molar-refractivity contribution >= 4 is 11.6 Å². The van der Waals surface area contributed by atoms with Gasteiger partial charge >= 0.3 is 0 Å². The maximum Gasteiger partial charge on any atom is 0.257 e. The molecule has 1 fully saturated rings. The van der Waals surface area contributed by atoms with Crippen LogP contribution in [0.1, 0.15) is 24.8 Å². The van der Waals surface area contributed by atoms with Gasteiger partial charge in [0.25, 0.3) is 5.91 Å². The van der Waals surface area contributed by atoms with Gasteiger partial charge in [-0.1, -0.05) is 12.1 Å². The minimum absolute atomic E-state index is 0.0141. The molecule has 2 aromatic rings. The predicted octanol–water partition coefficient (Wildman–Crippen LogP) is 3.42. The Morgan fingerprint density at radius 2 is 1.63 bits per heavy atom. The molecular formula is C22H28N2O3. The summed E-state index contributed by atoms with van der Waals surface area (Å²) in [5, 5.41) is 2.90. The summed E-state index contributed by atoms with van der Waals surface area (Å²) >= 11 is 0. The molecule has 0 atom stereocenters. The molecule has 27 heavy (non-hydrogen) atoms. The zero-order chi connectivity index (χ0) is 18.9. The van der Waals surface area contributed by atoms with Crippen LogP contribution in [0.15, 0.2) is 48.5 Å². The van der Waals surface area contributed by atoms with Crippen molar-refractivity contribution in [1.82, 2.24) is 5.32 Å². The summed E-state index contributed by atoms with van der Waals surface area (Å²) in [5.74, 6) is 1.30. The van der Waals surface area contributed by atoms with Crippen LogP contribution in [0.3, 0.4) is 0 Å². The summed E-state index contributed by atoms with van der Waals surface area (Å²) in [5.41, 5.74) is 2.53. The number of ether oxygens (including phenoxy) is 2. The van der Waals surface area contributed by atoms with Crippen molar-refractivity contribution in [3.8, 4) is 11.5 Å². The Balaban J connectivity index is 1.36. The van der Waals surface area contributed by atoms with Crippen molar-refractivity contribution in [3.63, 3.8) is 0 Å². The van der Waals surface area contributed by atoms with Gasteiger partial charge in [-0.05, 0) is 67.6 Å². The van der Waals surface area contributed by atoms with Crippen molar-refractivity contribution in [2.24, 2.45) is 0 Å². The lowest BCUT2D eigenvalue weighted by Gasteiger charge is -2.28. The summed E-state index contributed by atoms with van der Waals surface area (Å²) in [4.78, 5) is 14.4. The van der Waals surface area contributed by atoms with Gasteiger partial charge in [0.05, 0.1) is 7.11 Å². The maximum absolute atomic E-state index is 11.9. The summed E-state index contributed by atoms with van der Waals surface area (Å²) in [6.45, 7) is 2.93. The third-order valence-corrected chi connectivity index (χ3v) is 4.82. The van der Waals surface area contributed by atoms with E-state index in [2.05, 4.69) is 34.5 Å². The highest BCUT2D eigenvalue weighted by molar-refractivity contribution is 5.77. The topological polar surface area (TPSA) is 50.8 Å². The molecule has 3 rings (SSSR count).